The molecule has 2 aromatic rings. The largest absolute Gasteiger partial charge is 0.478 e. The molecule has 4 nitrogen and oxygen atoms in total. The van der Waals surface area contributed by atoms with Crippen molar-refractivity contribution in [3.05, 3.63) is 59.7 Å². The summed E-state index contributed by atoms with van der Waals surface area (Å²) in [4.78, 5) is 18.6. The van der Waals surface area contributed by atoms with E-state index in [9.17, 15) is 9.90 Å². The van der Waals surface area contributed by atoms with Crippen molar-refractivity contribution < 1.29 is 9.90 Å². The second kappa shape index (κ2) is 6.71. The molecule has 0 unspecified atom stereocenters. The average Bonchev–Trinajstić information content (AvgIpc) is 2.68. The number of hydrogen-bond donors (Lipinski definition) is 1. The fourth-order valence-corrected chi connectivity index (χ4v) is 3.92. The maximum Gasteiger partial charge on any atom is 0.335 e. The van der Waals surface area contributed by atoms with Crippen LogP contribution in [0.1, 0.15) is 48.0 Å². The van der Waals surface area contributed by atoms with Crippen molar-refractivity contribution in [3.8, 4) is 0 Å². The van der Waals surface area contributed by atoms with E-state index in [4.69, 9.17) is 4.99 Å². The smallest absolute Gasteiger partial charge is 0.335 e. The zero-order valence-electron chi connectivity index (χ0n) is 14.2. The Morgan fingerprint density at radius 3 is 2.52 bits per heavy atom. The van der Waals surface area contributed by atoms with Crippen LogP contribution in [0.5, 0.6) is 0 Å². The van der Waals surface area contributed by atoms with Gasteiger partial charge in [-0.15, -0.1) is 0 Å². The number of carboxylic acid groups (broad SMARTS) is 1. The van der Waals surface area contributed by atoms with Gasteiger partial charge >= 0.3 is 5.97 Å². The van der Waals surface area contributed by atoms with Gasteiger partial charge < -0.3 is 10.0 Å². The van der Waals surface area contributed by atoms with E-state index in [0.717, 1.165) is 29.2 Å². The second-order valence-corrected chi connectivity index (χ2v) is 6.85. The van der Waals surface area contributed by atoms with Crippen molar-refractivity contribution in [1.29, 1.82) is 0 Å². The number of benzene rings is 2. The lowest BCUT2D eigenvalue weighted by molar-refractivity contribution is 0.0697. The van der Waals surface area contributed by atoms with Crippen LogP contribution in [0, 0.1) is 0 Å². The van der Waals surface area contributed by atoms with Crippen molar-refractivity contribution in [2.75, 3.05) is 11.4 Å². The van der Waals surface area contributed by atoms with Crippen molar-refractivity contribution in [2.45, 2.75) is 38.1 Å². The molecule has 0 bridgehead atoms. The topological polar surface area (TPSA) is 52.9 Å². The quantitative estimate of drug-likeness (QED) is 0.888. The van der Waals surface area contributed by atoms with Crippen molar-refractivity contribution in [3.63, 3.8) is 0 Å². The Bertz CT molecular complexity index is 808. The minimum atomic E-state index is -0.908. The predicted octanol–water partition coefficient (Wildman–Crippen LogP) is 4.66. The molecule has 0 spiro atoms. The first kappa shape index (κ1) is 15.9. The standard InChI is InChI=1S/C21H22N2O2/c24-21(25)16-11-12-20-18(13-16)22-19(15-7-3-1-4-8-15)14-23(20)17-9-5-2-6-10-17/h1,3-4,7-8,11-13,17H,2,5-6,9-10,14H2,(H,24,25). The summed E-state index contributed by atoms with van der Waals surface area (Å²) in [6, 6.07) is 16.0. The first-order valence-corrected chi connectivity index (χ1v) is 8.99. The van der Waals surface area contributed by atoms with Gasteiger partial charge in [0.1, 0.15) is 0 Å². The van der Waals surface area contributed by atoms with E-state index in [1.165, 1.54) is 32.1 Å². The summed E-state index contributed by atoms with van der Waals surface area (Å²) in [5.41, 5.74) is 4.25. The Morgan fingerprint density at radius 1 is 1.04 bits per heavy atom. The van der Waals surface area contributed by atoms with Gasteiger partial charge in [-0.25, -0.2) is 9.79 Å². The number of nitrogens with zero attached hydrogens (tertiary/aromatic N) is 2. The predicted molar refractivity (Wildman–Crippen MR) is 100 cm³/mol. The molecule has 1 fully saturated rings. The highest BCUT2D eigenvalue weighted by Crippen LogP contribution is 2.38. The molecule has 1 aliphatic carbocycles. The minimum Gasteiger partial charge on any atom is -0.478 e. The zero-order valence-corrected chi connectivity index (χ0v) is 14.2. The van der Waals surface area contributed by atoms with Crippen LogP contribution < -0.4 is 4.90 Å². The first-order chi connectivity index (χ1) is 12.2. The molecular weight excluding hydrogens is 312 g/mol. The first-order valence-electron chi connectivity index (χ1n) is 8.99. The lowest BCUT2D eigenvalue weighted by Crippen LogP contribution is -2.42. The maximum absolute atomic E-state index is 11.4. The van der Waals surface area contributed by atoms with Crippen LogP contribution in [0.15, 0.2) is 53.5 Å². The third-order valence-electron chi connectivity index (χ3n) is 5.23. The molecule has 0 saturated heterocycles. The third kappa shape index (κ3) is 3.16. The summed E-state index contributed by atoms with van der Waals surface area (Å²) in [5.74, 6) is -0.908. The molecule has 2 aromatic carbocycles. The number of aliphatic imine (C=N–C) groups is 1. The lowest BCUT2D eigenvalue weighted by atomic mass is 9.92. The summed E-state index contributed by atoms with van der Waals surface area (Å²) >= 11 is 0. The van der Waals surface area contributed by atoms with E-state index in [2.05, 4.69) is 17.0 Å². The summed E-state index contributed by atoms with van der Waals surface area (Å²) in [7, 11) is 0. The summed E-state index contributed by atoms with van der Waals surface area (Å²) in [5, 5.41) is 9.32. The van der Waals surface area contributed by atoms with Gasteiger partial charge in [0.2, 0.25) is 0 Å². The number of fused-ring (bicyclic) bond motifs is 1. The van der Waals surface area contributed by atoms with E-state index in [0.29, 0.717) is 11.6 Å². The van der Waals surface area contributed by atoms with E-state index in [1.54, 1.807) is 12.1 Å². The van der Waals surface area contributed by atoms with Crippen molar-refractivity contribution in [1.82, 2.24) is 0 Å². The van der Waals surface area contributed by atoms with E-state index in [-0.39, 0.29) is 0 Å². The maximum atomic E-state index is 11.4. The highest BCUT2D eigenvalue weighted by molar-refractivity contribution is 6.08. The second-order valence-electron chi connectivity index (χ2n) is 6.85. The van der Waals surface area contributed by atoms with Gasteiger partial charge in [-0.1, -0.05) is 49.6 Å². The molecule has 4 heteroatoms. The van der Waals surface area contributed by atoms with Gasteiger partial charge in [0.15, 0.2) is 0 Å². The normalized spacial score (nSPS) is 17.8. The highest BCUT2D eigenvalue weighted by atomic mass is 16.4. The van der Waals surface area contributed by atoms with Crippen LogP contribution in [0.3, 0.4) is 0 Å². The van der Waals surface area contributed by atoms with Crippen LogP contribution in [0.4, 0.5) is 11.4 Å². The Hall–Kier alpha value is -2.62. The van der Waals surface area contributed by atoms with Gasteiger partial charge in [-0.05, 0) is 36.6 Å². The molecule has 0 amide bonds. The lowest BCUT2D eigenvalue weighted by Gasteiger charge is -2.39. The Kier molecular flexibility index (Phi) is 4.26. The van der Waals surface area contributed by atoms with E-state index >= 15 is 0 Å². The molecule has 4 rings (SSSR count). The number of hydrogen-bond acceptors (Lipinski definition) is 3. The molecule has 0 atom stereocenters. The van der Waals surface area contributed by atoms with Crippen molar-refractivity contribution in [2.24, 2.45) is 4.99 Å². The minimum absolute atomic E-state index is 0.292. The van der Waals surface area contributed by atoms with E-state index in [1.807, 2.05) is 24.3 Å². The molecule has 1 heterocycles. The Balaban J connectivity index is 1.78. The van der Waals surface area contributed by atoms with Crippen LogP contribution in [0.25, 0.3) is 0 Å². The molecule has 0 aromatic heterocycles. The number of rotatable bonds is 3. The van der Waals surface area contributed by atoms with E-state index < -0.39 is 5.97 Å². The van der Waals surface area contributed by atoms with Crippen LogP contribution in [-0.2, 0) is 0 Å². The number of carbonyl (C=O) groups is 1. The Labute approximate surface area is 147 Å². The number of anilines is 1. The van der Waals surface area contributed by atoms with Gasteiger partial charge in [0, 0.05) is 6.04 Å². The zero-order chi connectivity index (χ0) is 17.2. The molecular formula is C21H22N2O2. The van der Waals surface area contributed by atoms with Crippen LogP contribution in [0.2, 0.25) is 0 Å². The molecule has 1 aliphatic heterocycles. The number of aromatic carboxylic acids is 1. The van der Waals surface area contributed by atoms with Gasteiger partial charge in [-0.3, -0.25) is 0 Å². The molecule has 1 saturated carbocycles. The SMILES string of the molecule is O=C(O)c1ccc2c(c1)N=C(c1ccccc1)CN2C1CCCCC1. The van der Waals surface area contributed by atoms with Gasteiger partial charge in [0.05, 0.1) is 29.2 Å². The monoisotopic (exact) mass is 334 g/mol. The van der Waals surface area contributed by atoms with Crippen LogP contribution in [-0.4, -0.2) is 29.4 Å². The number of carboxylic acids is 1. The average molecular weight is 334 g/mol. The van der Waals surface area contributed by atoms with Gasteiger partial charge in [0.25, 0.3) is 0 Å². The molecule has 1 N–H and O–H groups in total. The summed E-state index contributed by atoms with van der Waals surface area (Å²) in [6.45, 7) is 0.786. The Morgan fingerprint density at radius 2 is 1.80 bits per heavy atom. The highest BCUT2D eigenvalue weighted by Gasteiger charge is 2.28. The molecule has 0 radical (unpaired) electrons. The molecule has 2 aliphatic rings. The summed E-state index contributed by atoms with van der Waals surface area (Å²) in [6.07, 6.45) is 6.24. The molecule has 25 heavy (non-hydrogen) atoms. The summed E-state index contributed by atoms with van der Waals surface area (Å²) < 4.78 is 0. The fourth-order valence-electron chi connectivity index (χ4n) is 3.92. The van der Waals surface area contributed by atoms with Crippen molar-refractivity contribution >= 4 is 23.1 Å². The van der Waals surface area contributed by atoms with Gasteiger partial charge in [-0.2, -0.15) is 0 Å². The molecule has 128 valence electrons. The van der Waals surface area contributed by atoms with Crippen LogP contribution >= 0.6 is 0 Å². The third-order valence-corrected chi connectivity index (χ3v) is 5.23. The fraction of sp³-hybridized carbons (Fsp3) is 0.333.